The van der Waals surface area contributed by atoms with E-state index in [0.717, 1.165) is 11.9 Å². The maximum atomic E-state index is 10.8. The molecule has 0 aromatic heterocycles. The Balaban J connectivity index is 2.20. The molecular weight excluding hydrogens is 184 g/mol. The molecule has 0 saturated heterocycles. The first kappa shape index (κ1) is 8.42. The molecule has 0 bridgehead atoms. The van der Waals surface area contributed by atoms with Crippen molar-refractivity contribution in [2.45, 2.75) is 0 Å². The van der Waals surface area contributed by atoms with Gasteiger partial charge in [-0.05, 0) is 28.9 Å². The Labute approximate surface area is 88.5 Å². The van der Waals surface area contributed by atoms with Gasteiger partial charge in [-0.3, -0.25) is 4.79 Å². The molecule has 0 saturated carbocycles. The van der Waals surface area contributed by atoms with Crippen molar-refractivity contribution in [3.63, 3.8) is 0 Å². The second-order valence-corrected chi connectivity index (χ2v) is 3.89. The number of carbonyl (C=O) groups excluding carboxylic acids is 1. The van der Waals surface area contributed by atoms with Gasteiger partial charge in [-0.15, -0.1) is 0 Å². The Morgan fingerprint density at radius 1 is 0.933 bits per heavy atom. The van der Waals surface area contributed by atoms with Crippen LogP contribution in [0, 0.1) is 5.92 Å². The van der Waals surface area contributed by atoms with Gasteiger partial charge in [-0.2, -0.15) is 0 Å². The Morgan fingerprint density at radius 3 is 2.47 bits per heavy atom. The highest BCUT2D eigenvalue weighted by atomic mass is 16.1. The third-order valence-corrected chi connectivity index (χ3v) is 2.96. The van der Waals surface area contributed by atoms with Crippen molar-refractivity contribution in [3.05, 3.63) is 70.9 Å². The maximum absolute atomic E-state index is 10.8. The lowest BCUT2D eigenvalue weighted by molar-refractivity contribution is -0.104. The van der Waals surface area contributed by atoms with E-state index in [0.29, 0.717) is 5.92 Å². The summed E-state index contributed by atoms with van der Waals surface area (Å²) in [4.78, 5) is 10.8. The summed E-state index contributed by atoms with van der Waals surface area (Å²) in [5.74, 6) is 0.351. The monoisotopic (exact) mass is 194 g/mol. The van der Waals surface area contributed by atoms with Gasteiger partial charge >= 0.3 is 0 Å². The third kappa shape index (κ3) is 1.20. The molecule has 0 aromatic carbocycles. The number of hydrogen-bond acceptors (Lipinski definition) is 1. The zero-order chi connectivity index (χ0) is 10.3. The van der Waals surface area contributed by atoms with E-state index in [2.05, 4.69) is 24.3 Å². The average Bonchev–Trinajstić information content (AvgIpc) is 2.29. The molecule has 1 heteroatoms. The van der Waals surface area contributed by atoms with E-state index in [9.17, 15) is 4.79 Å². The first-order valence-corrected chi connectivity index (χ1v) is 5.03. The van der Waals surface area contributed by atoms with Crippen LogP contribution in [0.5, 0.6) is 0 Å². The summed E-state index contributed by atoms with van der Waals surface area (Å²) in [6, 6.07) is 0. The summed E-state index contributed by atoms with van der Waals surface area (Å²) < 4.78 is 0. The normalized spacial score (nSPS) is 26.0. The lowest BCUT2D eigenvalue weighted by Crippen LogP contribution is -2.15. The summed E-state index contributed by atoms with van der Waals surface area (Å²) in [7, 11) is 0. The molecule has 0 N–H and O–H groups in total. The molecule has 0 radical (unpaired) electrons. The summed E-state index contributed by atoms with van der Waals surface area (Å²) in [5, 5.41) is 0. The fourth-order valence-electron chi connectivity index (χ4n) is 2.32. The van der Waals surface area contributed by atoms with E-state index in [-0.39, 0.29) is 0 Å². The van der Waals surface area contributed by atoms with E-state index >= 15 is 0 Å². The van der Waals surface area contributed by atoms with Crippen LogP contribution in [0.15, 0.2) is 70.9 Å². The molecule has 3 rings (SSSR count). The van der Waals surface area contributed by atoms with Crippen LogP contribution in [0.3, 0.4) is 0 Å². The Bertz CT molecular complexity index is 505. The van der Waals surface area contributed by atoms with Gasteiger partial charge in [0.25, 0.3) is 0 Å². The first-order valence-electron chi connectivity index (χ1n) is 5.03. The first-order chi connectivity index (χ1) is 7.38. The zero-order valence-electron chi connectivity index (χ0n) is 8.18. The molecule has 1 atom stereocenters. The third-order valence-electron chi connectivity index (χ3n) is 2.96. The van der Waals surface area contributed by atoms with Crippen LogP contribution in [0.1, 0.15) is 0 Å². The van der Waals surface area contributed by atoms with E-state index in [4.69, 9.17) is 0 Å². The average molecular weight is 194 g/mol. The molecule has 0 aromatic rings. The van der Waals surface area contributed by atoms with Gasteiger partial charge in [0.2, 0.25) is 0 Å². The molecule has 15 heavy (non-hydrogen) atoms. The van der Waals surface area contributed by atoms with Crippen LogP contribution >= 0.6 is 0 Å². The summed E-state index contributed by atoms with van der Waals surface area (Å²) in [5.41, 5.74) is 4.50. The standard InChI is InChI=1S/C14H10O/c15-9-10-7-12-5-1-3-11-4-2-6-13(8-10)14(11)12/h1-9,14H. The number of carbonyl (C=O) groups is 1. The molecule has 1 nitrogen and oxygen atoms in total. The van der Waals surface area contributed by atoms with Gasteiger partial charge in [0.15, 0.2) is 0 Å². The van der Waals surface area contributed by atoms with E-state index in [1.165, 1.54) is 16.7 Å². The second kappa shape index (κ2) is 3.06. The molecule has 0 fully saturated rings. The molecule has 0 amide bonds. The van der Waals surface area contributed by atoms with Gasteiger partial charge in [-0.1, -0.05) is 36.5 Å². The lowest BCUT2D eigenvalue weighted by Gasteiger charge is -2.29. The van der Waals surface area contributed by atoms with Gasteiger partial charge < -0.3 is 0 Å². The smallest absolute Gasteiger partial charge is 0.150 e. The lowest BCUT2D eigenvalue weighted by atomic mass is 9.75. The molecule has 3 aliphatic carbocycles. The van der Waals surface area contributed by atoms with Gasteiger partial charge in [0.05, 0.1) is 0 Å². The summed E-state index contributed by atoms with van der Waals surface area (Å²) >= 11 is 0. The van der Waals surface area contributed by atoms with Crippen molar-refractivity contribution in [3.8, 4) is 0 Å². The van der Waals surface area contributed by atoms with Crippen LogP contribution in [-0.2, 0) is 4.79 Å². The predicted octanol–water partition coefficient (Wildman–Crippen LogP) is 2.66. The van der Waals surface area contributed by atoms with Crippen molar-refractivity contribution in [2.24, 2.45) is 5.92 Å². The van der Waals surface area contributed by atoms with Crippen molar-refractivity contribution in [2.75, 3.05) is 0 Å². The fourth-order valence-corrected chi connectivity index (χ4v) is 2.32. The van der Waals surface area contributed by atoms with Crippen molar-refractivity contribution in [1.29, 1.82) is 0 Å². The zero-order valence-corrected chi connectivity index (χ0v) is 8.18. The topological polar surface area (TPSA) is 17.1 Å². The van der Waals surface area contributed by atoms with Crippen molar-refractivity contribution >= 4 is 6.29 Å². The van der Waals surface area contributed by atoms with E-state index in [1.54, 1.807) is 0 Å². The van der Waals surface area contributed by atoms with E-state index in [1.807, 2.05) is 24.3 Å². The molecule has 72 valence electrons. The molecule has 1 unspecified atom stereocenters. The molecule has 0 aliphatic heterocycles. The minimum Gasteiger partial charge on any atom is -0.298 e. The highest BCUT2D eigenvalue weighted by Gasteiger charge is 2.25. The highest BCUT2D eigenvalue weighted by Crippen LogP contribution is 2.39. The summed E-state index contributed by atoms with van der Waals surface area (Å²) in [6.45, 7) is 0. The SMILES string of the molecule is O=CC1=CC2=CC=CC3=CC=CC(=C1)C32. The van der Waals surface area contributed by atoms with Crippen LogP contribution in [0.25, 0.3) is 0 Å². The van der Waals surface area contributed by atoms with Crippen LogP contribution < -0.4 is 0 Å². The number of rotatable bonds is 1. The molecule has 0 heterocycles. The Kier molecular flexibility index (Phi) is 1.72. The van der Waals surface area contributed by atoms with Crippen LogP contribution in [0.4, 0.5) is 0 Å². The fraction of sp³-hybridized carbons (Fsp3) is 0.0714. The van der Waals surface area contributed by atoms with E-state index < -0.39 is 0 Å². The predicted molar refractivity (Wildman–Crippen MR) is 60.2 cm³/mol. The Morgan fingerprint density at radius 2 is 1.67 bits per heavy atom. The maximum Gasteiger partial charge on any atom is 0.150 e. The summed E-state index contributed by atoms with van der Waals surface area (Å²) in [6.07, 6.45) is 17.4. The molecular formula is C14H10O. The molecule has 3 aliphatic rings. The van der Waals surface area contributed by atoms with Gasteiger partial charge in [0, 0.05) is 11.5 Å². The minimum atomic E-state index is 0.351. The van der Waals surface area contributed by atoms with Gasteiger partial charge in [-0.25, -0.2) is 0 Å². The quantitative estimate of drug-likeness (QED) is 0.586. The van der Waals surface area contributed by atoms with Crippen molar-refractivity contribution < 1.29 is 4.79 Å². The second-order valence-electron chi connectivity index (χ2n) is 3.89. The number of aldehydes is 1. The molecule has 0 spiro atoms. The number of allylic oxidation sites excluding steroid dienone is 12. The van der Waals surface area contributed by atoms with Crippen molar-refractivity contribution in [1.82, 2.24) is 0 Å². The van der Waals surface area contributed by atoms with Crippen LogP contribution in [0.2, 0.25) is 0 Å². The number of hydrogen-bond donors (Lipinski definition) is 0. The minimum absolute atomic E-state index is 0.351. The Hall–Kier alpha value is -1.89. The van der Waals surface area contributed by atoms with Gasteiger partial charge in [0.1, 0.15) is 6.29 Å². The highest BCUT2D eigenvalue weighted by molar-refractivity contribution is 5.81. The van der Waals surface area contributed by atoms with Crippen LogP contribution in [-0.4, -0.2) is 6.29 Å². The largest absolute Gasteiger partial charge is 0.298 e.